The summed E-state index contributed by atoms with van der Waals surface area (Å²) in [6.07, 6.45) is 0. The Balaban J connectivity index is 2.83. The van der Waals surface area contributed by atoms with E-state index in [1.165, 1.54) is 7.11 Å². The van der Waals surface area contributed by atoms with Crippen LogP contribution in [0.5, 0.6) is 5.75 Å². The molecule has 5 nitrogen and oxygen atoms in total. The van der Waals surface area contributed by atoms with Crippen molar-refractivity contribution >= 4 is 11.7 Å². The first kappa shape index (κ1) is 15.8. The monoisotopic (exact) mass is 276 g/mol. The summed E-state index contributed by atoms with van der Waals surface area (Å²) in [5.74, 6) is 0.170. The van der Waals surface area contributed by atoms with E-state index < -0.39 is 11.6 Å². The summed E-state index contributed by atoms with van der Waals surface area (Å²) in [5.41, 5.74) is 0.615. The van der Waals surface area contributed by atoms with E-state index in [1.54, 1.807) is 25.1 Å². The minimum atomic E-state index is -0.526. The molecule has 0 aromatic heterocycles. The normalized spacial score (nSPS) is 12.2. The van der Waals surface area contributed by atoms with E-state index in [2.05, 4.69) is 5.32 Å². The Labute approximate surface area is 119 Å². The van der Waals surface area contributed by atoms with E-state index in [-0.39, 0.29) is 5.97 Å². The molecule has 0 spiro atoms. The van der Waals surface area contributed by atoms with Crippen molar-refractivity contribution in [2.45, 2.75) is 39.3 Å². The fourth-order valence-corrected chi connectivity index (χ4v) is 1.56. The highest BCUT2D eigenvalue weighted by Gasteiger charge is 2.22. The third kappa shape index (κ3) is 4.47. The average Bonchev–Trinajstić information content (AvgIpc) is 2.37. The summed E-state index contributed by atoms with van der Waals surface area (Å²) in [4.78, 5) is 11.9. The lowest BCUT2D eigenvalue weighted by molar-refractivity contribution is -0.155. The molecule has 0 amide bonds. The van der Waals surface area contributed by atoms with Crippen LogP contribution in [0.2, 0.25) is 0 Å². The Morgan fingerprint density at radius 1 is 1.40 bits per heavy atom. The number of benzene rings is 1. The molecule has 1 N–H and O–H groups in total. The molecule has 0 heterocycles. The van der Waals surface area contributed by atoms with E-state index in [0.717, 1.165) is 0 Å². The summed E-state index contributed by atoms with van der Waals surface area (Å²) in [6, 6.07) is 6.50. The van der Waals surface area contributed by atoms with Gasteiger partial charge in [-0.25, -0.2) is 4.79 Å². The number of nitrogens with one attached hydrogen (secondary N) is 1. The fraction of sp³-hybridized carbons (Fsp3) is 0.467. The molecule has 0 aliphatic heterocycles. The second kappa shape index (κ2) is 6.29. The quantitative estimate of drug-likeness (QED) is 0.856. The van der Waals surface area contributed by atoms with Crippen LogP contribution in [0.25, 0.3) is 0 Å². The van der Waals surface area contributed by atoms with Crippen molar-refractivity contribution in [1.29, 1.82) is 5.26 Å². The first-order valence-corrected chi connectivity index (χ1v) is 6.34. The van der Waals surface area contributed by atoms with Gasteiger partial charge in [-0.05, 0) is 39.8 Å². The fourth-order valence-electron chi connectivity index (χ4n) is 1.56. The highest BCUT2D eigenvalue weighted by molar-refractivity contribution is 5.80. The van der Waals surface area contributed by atoms with Crippen LogP contribution in [-0.2, 0) is 9.53 Å². The Hall–Kier alpha value is -2.22. The lowest BCUT2D eigenvalue weighted by Gasteiger charge is -2.23. The van der Waals surface area contributed by atoms with Crippen LogP contribution < -0.4 is 10.1 Å². The predicted octanol–water partition coefficient (Wildman–Crippen LogP) is 2.71. The molecule has 0 aliphatic carbocycles. The molecular weight excluding hydrogens is 256 g/mol. The zero-order valence-corrected chi connectivity index (χ0v) is 12.5. The molecule has 0 saturated carbocycles. The van der Waals surface area contributed by atoms with E-state index >= 15 is 0 Å². The summed E-state index contributed by atoms with van der Waals surface area (Å²) >= 11 is 0. The van der Waals surface area contributed by atoms with Crippen molar-refractivity contribution in [2.24, 2.45) is 0 Å². The van der Waals surface area contributed by atoms with Crippen molar-refractivity contribution in [2.75, 3.05) is 12.4 Å². The van der Waals surface area contributed by atoms with Crippen LogP contribution in [0, 0.1) is 11.3 Å². The number of anilines is 1. The maximum Gasteiger partial charge on any atom is 0.328 e. The van der Waals surface area contributed by atoms with E-state index in [0.29, 0.717) is 17.0 Å². The summed E-state index contributed by atoms with van der Waals surface area (Å²) in [6.45, 7) is 7.17. The molecule has 5 heteroatoms. The first-order valence-electron chi connectivity index (χ1n) is 6.34. The summed E-state index contributed by atoms with van der Waals surface area (Å²) < 4.78 is 10.5. The van der Waals surface area contributed by atoms with Gasteiger partial charge in [0.2, 0.25) is 0 Å². The van der Waals surface area contributed by atoms with Crippen molar-refractivity contribution in [3.05, 3.63) is 23.8 Å². The number of nitrogens with zero attached hydrogens (tertiary/aromatic N) is 1. The molecule has 108 valence electrons. The van der Waals surface area contributed by atoms with Gasteiger partial charge < -0.3 is 14.8 Å². The minimum Gasteiger partial charge on any atom is -0.495 e. The van der Waals surface area contributed by atoms with Gasteiger partial charge in [-0.3, -0.25) is 0 Å². The second-order valence-corrected chi connectivity index (χ2v) is 5.43. The molecule has 0 radical (unpaired) electrons. The molecule has 1 aromatic carbocycles. The summed E-state index contributed by atoms with van der Waals surface area (Å²) in [5, 5.41) is 11.9. The van der Waals surface area contributed by atoms with Crippen molar-refractivity contribution in [3.63, 3.8) is 0 Å². The maximum atomic E-state index is 11.9. The number of hydrogen-bond donors (Lipinski definition) is 1. The van der Waals surface area contributed by atoms with Gasteiger partial charge in [-0.15, -0.1) is 0 Å². The zero-order valence-electron chi connectivity index (χ0n) is 12.5. The van der Waals surface area contributed by atoms with Crippen molar-refractivity contribution in [3.8, 4) is 11.8 Å². The van der Waals surface area contributed by atoms with Crippen LogP contribution in [-0.4, -0.2) is 24.7 Å². The lowest BCUT2D eigenvalue weighted by atomic mass is 10.1. The smallest absolute Gasteiger partial charge is 0.328 e. The van der Waals surface area contributed by atoms with E-state index in [9.17, 15) is 4.79 Å². The molecule has 1 unspecified atom stereocenters. The summed E-state index contributed by atoms with van der Waals surface area (Å²) in [7, 11) is 1.51. The van der Waals surface area contributed by atoms with Gasteiger partial charge in [0.15, 0.2) is 0 Å². The Morgan fingerprint density at radius 2 is 2.05 bits per heavy atom. The number of rotatable bonds is 4. The molecule has 0 bridgehead atoms. The van der Waals surface area contributed by atoms with Gasteiger partial charge in [-0.2, -0.15) is 5.26 Å². The van der Waals surface area contributed by atoms with Gasteiger partial charge >= 0.3 is 5.97 Å². The SMILES string of the molecule is COc1cc(C#N)ccc1NC(C)C(=O)OC(C)(C)C. The molecule has 1 atom stereocenters. The van der Waals surface area contributed by atoms with Gasteiger partial charge in [0.05, 0.1) is 24.4 Å². The molecule has 1 rings (SSSR count). The third-order valence-electron chi connectivity index (χ3n) is 2.46. The van der Waals surface area contributed by atoms with Gasteiger partial charge in [-0.1, -0.05) is 0 Å². The number of carbonyl (C=O) groups excluding carboxylic acids is 1. The van der Waals surface area contributed by atoms with Gasteiger partial charge in [0.1, 0.15) is 17.4 Å². The molecule has 0 aliphatic rings. The lowest BCUT2D eigenvalue weighted by Crippen LogP contribution is -2.34. The largest absolute Gasteiger partial charge is 0.495 e. The minimum absolute atomic E-state index is 0.344. The molecular formula is C15H20N2O3. The predicted molar refractivity (Wildman–Crippen MR) is 76.6 cm³/mol. The van der Waals surface area contributed by atoms with Crippen LogP contribution in [0.4, 0.5) is 5.69 Å². The number of ether oxygens (including phenoxy) is 2. The third-order valence-corrected chi connectivity index (χ3v) is 2.46. The van der Waals surface area contributed by atoms with Gasteiger partial charge in [0.25, 0.3) is 0 Å². The highest BCUT2D eigenvalue weighted by atomic mass is 16.6. The van der Waals surface area contributed by atoms with E-state index in [4.69, 9.17) is 14.7 Å². The highest BCUT2D eigenvalue weighted by Crippen LogP contribution is 2.26. The standard InChI is InChI=1S/C15H20N2O3/c1-10(14(18)20-15(2,3)4)17-12-7-6-11(9-16)8-13(12)19-5/h6-8,10,17H,1-5H3. The molecule has 0 saturated heterocycles. The maximum absolute atomic E-state index is 11.9. The number of nitriles is 1. The number of methoxy groups -OCH3 is 1. The number of carbonyl (C=O) groups is 1. The van der Waals surface area contributed by atoms with Crippen LogP contribution >= 0.6 is 0 Å². The van der Waals surface area contributed by atoms with Crippen molar-refractivity contribution in [1.82, 2.24) is 0 Å². The molecule has 20 heavy (non-hydrogen) atoms. The average molecular weight is 276 g/mol. The van der Waals surface area contributed by atoms with Gasteiger partial charge in [0, 0.05) is 6.07 Å². The Morgan fingerprint density at radius 3 is 2.55 bits per heavy atom. The second-order valence-electron chi connectivity index (χ2n) is 5.43. The van der Waals surface area contributed by atoms with Crippen LogP contribution in [0.1, 0.15) is 33.3 Å². The topological polar surface area (TPSA) is 71.3 Å². The van der Waals surface area contributed by atoms with Crippen LogP contribution in [0.3, 0.4) is 0 Å². The van der Waals surface area contributed by atoms with Crippen LogP contribution in [0.15, 0.2) is 18.2 Å². The molecule has 1 aromatic rings. The molecule has 0 fully saturated rings. The zero-order chi connectivity index (χ0) is 15.3. The first-order chi connectivity index (χ1) is 9.26. The van der Waals surface area contributed by atoms with E-state index in [1.807, 2.05) is 26.8 Å². The Bertz CT molecular complexity index is 527. The number of esters is 1. The Kier molecular flexibility index (Phi) is 4.98. The number of hydrogen-bond acceptors (Lipinski definition) is 5. The van der Waals surface area contributed by atoms with Crippen molar-refractivity contribution < 1.29 is 14.3 Å².